The second kappa shape index (κ2) is 5.01. The van der Waals surface area contributed by atoms with Crippen molar-refractivity contribution in [2.24, 2.45) is 0 Å². The molecule has 0 atom stereocenters. The van der Waals surface area contributed by atoms with Gasteiger partial charge in [-0.05, 0) is 35.9 Å². The zero-order chi connectivity index (χ0) is 17.2. The van der Waals surface area contributed by atoms with Gasteiger partial charge in [-0.2, -0.15) is 0 Å². The number of halogens is 2. The minimum Gasteiger partial charge on any atom is -0.497 e. The summed E-state index contributed by atoms with van der Waals surface area (Å²) in [6, 6.07) is 9.11. The average Bonchev–Trinajstić information content (AvgIpc) is 2.92. The molecule has 0 fully saturated rings. The van der Waals surface area contributed by atoms with E-state index in [0.717, 1.165) is 27.9 Å². The monoisotopic (exact) mass is 359 g/mol. The number of rotatable bonds is 1. The fourth-order valence-electron chi connectivity index (χ4n) is 3.53. The van der Waals surface area contributed by atoms with Crippen molar-refractivity contribution in [3.8, 4) is 5.75 Å². The maximum Gasteiger partial charge on any atom is 0.195 e. The van der Waals surface area contributed by atoms with E-state index in [-0.39, 0.29) is 11.2 Å². The second-order valence-electron chi connectivity index (χ2n) is 6.55. The molecule has 0 radical (unpaired) electrons. The molecule has 0 unspecified atom stereocenters. The predicted octanol–water partition coefficient (Wildman–Crippen LogP) is 5.35. The summed E-state index contributed by atoms with van der Waals surface area (Å²) in [6.45, 7) is 4.18. The lowest BCUT2D eigenvalue weighted by atomic mass is 9.71. The smallest absolute Gasteiger partial charge is 0.195 e. The highest BCUT2D eigenvalue weighted by Crippen LogP contribution is 2.45. The highest BCUT2D eigenvalue weighted by atomic mass is 35.5. The minimum absolute atomic E-state index is 0.00776. The molecule has 0 bridgehead atoms. The van der Waals surface area contributed by atoms with E-state index in [2.05, 4.69) is 18.8 Å². The van der Waals surface area contributed by atoms with Crippen LogP contribution in [-0.2, 0) is 5.41 Å². The largest absolute Gasteiger partial charge is 0.497 e. The molecule has 0 amide bonds. The lowest BCUT2D eigenvalue weighted by Crippen LogP contribution is -2.30. The molecule has 3 nitrogen and oxygen atoms in total. The minimum atomic E-state index is -0.370. The van der Waals surface area contributed by atoms with Crippen molar-refractivity contribution in [3.05, 3.63) is 62.8 Å². The van der Waals surface area contributed by atoms with Crippen LogP contribution in [0.15, 0.2) is 30.3 Å². The zero-order valence-corrected chi connectivity index (χ0v) is 15.0. The van der Waals surface area contributed by atoms with E-state index in [4.69, 9.17) is 27.9 Å². The number of aromatic amines is 1. The van der Waals surface area contributed by atoms with Crippen LogP contribution in [0.5, 0.6) is 5.75 Å². The van der Waals surface area contributed by atoms with Crippen molar-refractivity contribution in [1.29, 1.82) is 0 Å². The van der Waals surface area contributed by atoms with Gasteiger partial charge in [-0.25, -0.2) is 0 Å². The first-order valence-corrected chi connectivity index (χ1v) is 8.34. The van der Waals surface area contributed by atoms with E-state index in [0.29, 0.717) is 21.2 Å². The number of fused-ring (bicyclic) bond motifs is 4. The van der Waals surface area contributed by atoms with Crippen molar-refractivity contribution < 1.29 is 9.53 Å². The first-order chi connectivity index (χ1) is 11.3. The van der Waals surface area contributed by atoms with E-state index in [1.54, 1.807) is 19.2 Å². The SMILES string of the molecule is COc1ccc2c(c1)C(C)(C)c1[nH]c3cc(Cl)c(Cl)cc3c1C2=O. The molecule has 3 aromatic rings. The van der Waals surface area contributed by atoms with Gasteiger partial charge in [0.2, 0.25) is 0 Å². The molecule has 1 aliphatic rings. The van der Waals surface area contributed by atoms with Crippen LogP contribution >= 0.6 is 23.2 Å². The summed E-state index contributed by atoms with van der Waals surface area (Å²) in [5, 5.41) is 1.71. The molecule has 122 valence electrons. The van der Waals surface area contributed by atoms with Gasteiger partial charge >= 0.3 is 0 Å². The number of ketones is 1. The van der Waals surface area contributed by atoms with Gasteiger partial charge in [0.1, 0.15) is 5.75 Å². The molecular formula is C19H15Cl2NO2. The summed E-state index contributed by atoms with van der Waals surface area (Å²) in [4.78, 5) is 16.5. The number of carbonyl (C=O) groups excluding carboxylic acids is 1. The molecule has 0 aliphatic heterocycles. The van der Waals surface area contributed by atoms with Gasteiger partial charge in [0.05, 0.1) is 22.7 Å². The lowest BCUT2D eigenvalue weighted by Gasteiger charge is -2.32. The summed E-state index contributed by atoms with van der Waals surface area (Å²) in [5.41, 5.74) is 3.64. The maximum absolute atomic E-state index is 13.1. The van der Waals surface area contributed by atoms with Crippen LogP contribution in [-0.4, -0.2) is 17.9 Å². The fraction of sp³-hybridized carbons (Fsp3) is 0.211. The Labute approximate surface area is 149 Å². The number of aromatic nitrogens is 1. The topological polar surface area (TPSA) is 42.1 Å². The number of nitrogens with one attached hydrogen (secondary N) is 1. The van der Waals surface area contributed by atoms with Gasteiger partial charge < -0.3 is 9.72 Å². The van der Waals surface area contributed by atoms with Gasteiger partial charge in [-0.3, -0.25) is 4.79 Å². The van der Waals surface area contributed by atoms with Crippen molar-refractivity contribution in [2.45, 2.75) is 19.3 Å². The van der Waals surface area contributed by atoms with Crippen molar-refractivity contribution in [1.82, 2.24) is 4.98 Å². The molecule has 1 aliphatic carbocycles. The maximum atomic E-state index is 13.1. The van der Waals surface area contributed by atoms with Crippen molar-refractivity contribution in [2.75, 3.05) is 7.11 Å². The van der Waals surface area contributed by atoms with Crippen LogP contribution in [0.25, 0.3) is 10.9 Å². The summed E-state index contributed by atoms with van der Waals surface area (Å²) < 4.78 is 5.33. The van der Waals surface area contributed by atoms with Gasteiger partial charge in [-0.15, -0.1) is 0 Å². The van der Waals surface area contributed by atoms with E-state index in [1.165, 1.54) is 0 Å². The third kappa shape index (κ3) is 1.95. The number of carbonyl (C=O) groups is 1. The highest BCUT2D eigenvalue weighted by molar-refractivity contribution is 6.43. The Kier molecular flexibility index (Phi) is 3.25. The number of methoxy groups -OCH3 is 1. The van der Waals surface area contributed by atoms with Gasteiger partial charge in [0.25, 0.3) is 0 Å². The number of hydrogen-bond donors (Lipinski definition) is 1. The Hall–Kier alpha value is -1.97. The first kappa shape index (κ1) is 15.6. The van der Waals surface area contributed by atoms with Crippen molar-refractivity contribution in [3.63, 3.8) is 0 Å². The van der Waals surface area contributed by atoms with Crippen LogP contribution in [0.2, 0.25) is 10.0 Å². The zero-order valence-electron chi connectivity index (χ0n) is 13.5. The normalized spacial score (nSPS) is 15.3. The Balaban J connectivity index is 2.08. The standard InChI is InChI=1S/C19H15Cl2NO2/c1-19(2)12-6-9(24-3)4-5-10(12)17(23)16-11-7-13(20)14(21)8-15(11)22-18(16)19/h4-8,22H,1-3H3. The molecule has 1 N–H and O–H groups in total. The van der Waals surface area contributed by atoms with Gasteiger partial charge in [0, 0.05) is 27.6 Å². The Morgan fingerprint density at radius 2 is 1.79 bits per heavy atom. The molecule has 2 aromatic carbocycles. The molecule has 0 saturated heterocycles. The molecular weight excluding hydrogens is 345 g/mol. The summed E-state index contributed by atoms with van der Waals surface area (Å²) in [7, 11) is 1.62. The van der Waals surface area contributed by atoms with E-state index in [1.807, 2.05) is 18.2 Å². The van der Waals surface area contributed by atoms with Crippen LogP contribution in [0.3, 0.4) is 0 Å². The predicted molar refractivity (Wildman–Crippen MR) is 96.9 cm³/mol. The van der Waals surface area contributed by atoms with E-state index in [9.17, 15) is 4.79 Å². The van der Waals surface area contributed by atoms with Crippen LogP contribution in [0.4, 0.5) is 0 Å². The quantitative estimate of drug-likeness (QED) is 0.635. The number of hydrogen-bond acceptors (Lipinski definition) is 2. The Morgan fingerprint density at radius 1 is 1.08 bits per heavy atom. The molecule has 1 heterocycles. The van der Waals surface area contributed by atoms with E-state index >= 15 is 0 Å². The first-order valence-electron chi connectivity index (χ1n) is 7.59. The number of benzene rings is 2. The fourth-order valence-corrected chi connectivity index (χ4v) is 3.86. The van der Waals surface area contributed by atoms with Crippen LogP contribution in [0.1, 0.15) is 41.0 Å². The van der Waals surface area contributed by atoms with Gasteiger partial charge in [-0.1, -0.05) is 37.0 Å². The van der Waals surface area contributed by atoms with Crippen LogP contribution in [0, 0.1) is 0 Å². The third-order valence-electron chi connectivity index (χ3n) is 4.84. The molecule has 5 heteroatoms. The summed E-state index contributed by atoms with van der Waals surface area (Å²) >= 11 is 12.3. The number of H-pyrrole nitrogens is 1. The molecule has 0 spiro atoms. The highest BCUT2D eigenvalue weighted by Gasteiger charge is 2.39. The molecule has 4 rings (SSSR count). The lowest BCUT2D eigenvalue weighted by molar-refractivity contribution is 0.103. The Bertz CT molecular complexity index is 1020. The van der Waals surface area contributed by atoms with E-state index < -0.39 is 0 Å². The average molecular weight is 360 g/mol. The molecule has 0 saturated carbocycles. The summed E-state index contributed by atoms with van der Waals surface area (Å²) in [6.07, 6.45) is 0. The number of ether oxygens (including phenoxy) is 1. The summed E-state index contributed by atoms with van der Waals surface area (Å²) in [5.74, 6) is 0.729. The van der Waals surface area contributed by atoms with Crippen LogP contribution < -0.4 is 4.74 Å². The second-order valence-corrected chi connectivity index (χ2v) is 7.37. The Morgan fingerprint density at radius 3 is 2.50 bits per heavy atom. The van der Waals surface area contributed by atoms with Crippen molar-refractivity contribution >= 4 is 39.9 Å². The molecule has 1 aromatic heterocycles. The van der Waals surface area contributed by atoms with Gasteiger partial charge in [0.15, 0.2) is 5.78 Å². The molecule has 24 heavy (non-hydrogen) atoms. The third-order valence-corrected chi connectivity index (χ3v) is 5.56.